The van der Waals surface area contributed by atoms with Crippen LogP contribution in [-0.2, 0) is 12.8 Å². The predicted molar refractivity (Wildman–Crippen MR) is 60.3 cm³/mol. The molecule has 4 nitrogen and oxygen atoms in total. The molecule has 0 unspecified atom stereocenters. The maximum atomic E-state index is 11.5. The van der Waals surface area contributed by atoms with Gasteiger partial charge in [0.25, 0.3) is 5.56 Å². The summed E-state index contributed by atoms with van der Waals surface area (Å²) < 4.78 is 0. The van der Waals surface area contributed by atoms with Gasteiger partial charge in [-0.2, -0.15) is 5.26 Å². The van der Waals surface area contributed by atoms with Crippen LogP contribution in [0.25, 0.3) is 11.3 Å². The van der Waals surface area contributed by atoms with E-state index in [4.69, 9.17) is 5.26 Å². The summed E-state index contributed by atoms with van der Waals surface area (Å²) in [5.74, 6) is 0. The predicted octanol–water partition coefficient (Wildman–Crippen LogP) is 1.47. The van der Waals surface area contributed by atoms with Crippen molar-refractivity contribution in [2.45, 2.75) is 12.8 Å². The molecule has 78 valence electrons. The van der Waals surface area contributed by atoms with Crippen LogP contribution in [0.2, 0.25) is 0 Å². The second-order valence-electron chi connectivity index (χ2n) is 3.64. The molecule has 3 rings (SSSR count). The van der Waals surface area contributed by atoms with Crippen LogP contribution in [0.1, 0.15) is 16.1 Å². The summed E-state index contributed by atoms with van der Waals surface area (Å²) in [4.78, 5) is 19.8. The van der Waals surface area contributed by atoms with Gasteiger partial charge >= 0.3 is 0 Å². The minimum absolute atomic E-state index is 0.152. The summed E-state index contributed by atoms with van der Waals surface area (Å²) in [5.41, 5.74) is 4.36. The highest BCUT2D eigenvalue weighted by Crippen LogP contribution is 2.33. The number of rotatable bonds is 0. The Morgan fingerprint density at radius 1 is 1.50 bits per heavy atom. The molecular formula is C11H7N3OS. The first-order valence-electron chi connectivity index (χ1n) is 4.88. The van der Waals surface area contributed by atoms with Crippen molar-refractivity contribution < 1.29 is 0 Å². The lowest BCUT2D eigenvalue weighted by atomic mass is 9.97. The van der Waals surface area contributed by atoms with Crippen LogP contribution in [0.3, 0.4) is 0 Å². The van der Waals surface area contributed by atoms with Gasteiger partial charge in [-0.1, -0.05) is 0 Å². The third-order valence-electron chi connectivity index (χ3n) is 2.74. The number of H-pyrrole nitrogens is 1. The van der Waals surface area contributed by atoms with E-state index in [1.54, 1.807) is 22.9 Å². The van der Waals surface area contributed by atoms with E-state index in [0.717, 1.165) is 29.8 Å². The Labute approximate surface area is 95.2 Å². The van der Waals surface area contributed by atoms with Gasteiger partial charge in [-0.25, -0.2) is 4.98 Å². The molecule has 0 bridgehead atoms. The number of aryl methyl sites for hydroxylation is 2. The molecule has 2 heterocycles. The van der Waals surface area contributed by atoms with Gasteiger partial charge in [-0.05, 0) is 18.9 Å². The summed E-state index contributed by atoms with van der Waals surface area (Å²) in [6.45, 7) is 0. The molecule has 0 atom stereocenters. The molecular weight excluding hydrogens is 222 g/mol. The first kappa shape index (κ1) is 9.31. The summed E-state index contributed by atoms with van der Waals surface area (Å²) in [6, 6.07) is 3.54. The Balaban J connectivity index is 2.33. The van der Waals surface area contributed by atoms with Gasteiger partial charge in [0.15, 0.2) is 0 Å². The fourth-order valence-electron chi connectivity index (χ4n) is 1.97. The zero-order valence-corrected chi connectivity index (χ0v) is 9.10. The van der Waals surface area contributed by atoms with Gasteiger partial charge in [0.05, 0.1) is 11.2 Å². The molecule has 1 N–H and O–H groups in total. The Hall–Kier alpha value is -1.93. The molecule has 0 radical (unpaired) electrons. The number of hydrogen-bond acceptors (Lipinski definition) is 4. The number of aromatic nitrogens is 2. The van der Waals surface area contributed by atoms with Crippen molar-refractivity contribution in [2.24, 2.45) is 0 Å². The van der Waals surface area contributed by atoms with Gasteiger partial charge in [-0.3, -0.25) is 4.79 Å². The maximum Gasteiger partial charge on any atom is 0.266 e. The van der Waals surface area contributed by atoms with Crippen molar-refractivity contribution in [1.29, 1.82) is 5.26 Å². The van der Waals surface area contributed by atoms with Crippen molar-refractivity contribution >= 4 is 11.3 Å². The first-order valence-corrected chi connectivity index (χ1v) is 5.76. The number of nitrogens with one attached hydrogen (secondary N) is 1. The van der Waals surface area contributed by atoms with E-state index in [9.17, 15) is 4.79 Å². The van der Waals surface area contributed by atoms with E-state index in [2.05, 4.69) is 9.97 Å². The van der Waals surface area contributed by atoms with Crippen molar-refractivity contribution in [1.82, 2.24) is 9.97 Å². The van der Waals surface area contributed by atoms with E-state index < -0.39 is 0 Å². The first-order chi connectivity index (χ1) is 7.79. The minimum atomic E-state index is -0.306. The number of hydrogen-bond donors (Lipinski definition) is 1. The van der Waals surface area contributed by atoms with Crippen LogP contribution in [0.5, 0.6) is 0 Å². The van der Waals surface area contributed by atoms with Crippen LogP contribution in [0, 0.1) is 11.3 Å². The molecule has 1 aliphatic carbocycles. The highest BCUT2D eigenvalue weighted by molar-refractivity contribution is 7.10. The van der Waals surface area contributed by atoms with Gasteiger partial charge in [-0.15, -0.1) is 11.3 Å². The normalized spacial score (nSPS) is 12.7. The third kappa shape index (κ3) is 1.20. The minimum Gasteiger partial charge on any atom is -0.324 e. The fourth-order valence-corrected chi connectivity index (χ4v) is 2.75. The lowest BCUT2D eigenvalue weighted by Gasteiger charge is -2.14. The van der Waals surface area contributed by atoms with Crippen molar-refractivity contribution in [2.75, 3.05) is 0 Å². The van der Waals surface area contributed by atoms with Gasteiger partial charge < -0.3 is 4.98 Å². The molecule has 5 heteroatoms. The maximum absolute atomic E-state index is 11.5. The van der Waals surface area contributed by atoms with E-state index in [-0.39, 0.29) is 11.1 Å². The van der Waals surface area contributed by atoms with Crippen molar-refractivity contribution in [3.63, 3.8) is 0 Å². The summed E-state index contributed by atoms with van der Waals surface area (Å²) in [6.07, 6.45) is 1.72. The monoisotopic (exact) mass is 229 g/mol. The van der Waals surface area contributed by atoms with Crippen LogP contribution in [0.4, 0.5) is 0 Å². The largest absolute Gasteiger partial charge is 0.324 e. The summed E-state index contributed by atoms with van der Waals surface area (Å²) >= 11 is 1.62. The van der Waals surface area contributed by atoms with Gasteiger partial charge in [0.1, 0.15) is 11.6 Å². The Kier molecular flexibility index (Phi) is 1.91. The highest BCUT2D eigenvalue weighted by atomic mass is 32.1. The van der Waals surface area contributed by atoms with Gasteiger partial charge in [0.2, 0.25) is 0 Å². The topological polar surface area (TPSA) is 69.5 Å². The second-order valence-corrected chi connectivity index (χ2v) is 4.58. The highest BCUT2D eigenvalue weighted by Gasteiger charge is 2.20. The van der Waals surface area contributed by atoms with Crippen molar-refractivity contribution in [3.8, 4) is 17.3 Å². The molecule has 0 saturated carbocycles. The molecule has 0 amide bonds. The number of fused-ring (bicyclic) bond motifs is 3. The van der Waals surface area contributed by atoms with Crippen LogP contribution in [0.15, 0.2) is 16.4 Å². The average Bonchev–Trinajstić information content (AvgIpc) is 2.76. The number of nitrogens with zero attached hydrogens (tertiary/aromatic N) is 2. The molecule has 0 fully saturated rings. The lowest BCUT2D eigenvalue weighted by Crippen LogP contribution is -2.16. The SMILES string of the molecule is N#Cc1cc2c([nH]c1=O)CCc1scnc1-2. The summed E-state index contributed by atoms with van der Waals surface area (Å²) in [5, 5.41) is 8.83. The quantitative estimate of drug-likeness (QED) is 0.743. The molecule has 0 spiro atoms. The Morgan fingerprint density at radius 3 is 3.19 bits per heavy atom. The van der Waals surface area contributed by atoms with E-state index in [0.29, 0.717) is 0 Å². The summed E-state index contributed by atoms with van der Waals surface area (Å²) in [7, 11) is 0. The Bertz CT molecular complexity index is 663. The lowest BCUT2D eigenvalue weighted by molar-refractivity contribution is 0.894. The van der Waals surface area contributed by atoms with Crippen LogP contribution >= 0.6 is 11.3 Å². The fraction of sp³-hybridized carbons (Fsp3) is 0.182. The number of thiazole rings is 1. The molecule has 1 aliphatic rings. The molecule has 16 heavy (non-hydrogen) atoms. The zero-order chi connectivity index (χ0) is 11.1. The van der Waals surface area contributed by atoms with E-state index in [1.165, 1.54) is 4.88 Å². The molecule has 0 saturated heterocycles. The van der Waals surface area contributed by atoms with Crippen LogP contribution in [-0.4, -0.2) is 9.97 Å². The third-order valence-corrected chi connectivity index (χ3v) is 3.63. The smallest absolute Gasteiger partial charge is 0.266 e. The molecule has 0 aromatic carbocycles. The van der Waals surface area contributed by atoms with Gasteiger partial charge in [0, 0.05) is 16.1 Å². The number of nitriles is 1. The Morgan fingerprint density at radius 2 is 2.38 bits per heavy atom. The van der Waals surface area contributed by atoms with E-state index >= 15 is 0 Å². The second kappa shape index (κ2) is 3.29. The standard InChI is InChI=1S/C11H7N3OS/c12-4-6-3-7-8(14-11(6)15)1-2-9-10(7)13-5-16-9/h3,5H,1-2H2,(H,14,15). The molecule has 2 aromatic heterocycles. The average molecular weight is 229 g/mol. The zero-order valence-electron chi connectivity index (χ0n) is 8.28. The van der Waals surface area contributed by atoms with Crippen LogP contribution < -0.4 is 5.56 Å². The number of aromatic amines is 1. The number of pyridine rings is 1. The van der Waals surface area contributed by atoms with E-state index in [1.807, 2.05) is 6.07 Å². The molecule has 2 aromatic rings. The van der Waals surface area contributed by atoms with Crippen molar-refractivity contribution in [3.05, 3.63) is 38.1 Å². The molecule has 0 aliphatic heterocycles.